The van der Waals surface area contributed by atoms with Gasteiger partial charge in [-0.25, -0.2) is 0 Å². The zero-order valence-corrected chi connectivity index (χ0v) is 15.0. The molecule has 1 aliphatic heterocycles. The molecule has 1 rings (SSSR count). The molecule has 1 heterocycles. The molecule has 0 aromatic carbocycles. The van der Waals surface area contributed by atoms with Crippen LogP contribution in [0.1, 0.15) is 60.3 Å². The van der Waals surface area contributed by atoms with Gasteiger partial charge in [0.1, 0.15) is 0 Å². The minimum Gasteiger partial charge on any atom is -0.481 e. The molecule has 0 saturated carbocycles. The van der Waals surface area contributed by atoms with Crippen molar-refractivity contribution in [1.82, 2.24) is 0 Å². The number of carboxylic acid groups (broad SMARTS) is 1. The van der Waals surface area contributed by atoms with Gasteiger partial charge < -0.3 is 14.6 Å². The van der Waals surface area contributed by atoms with E-state index >= 15 is 0 Å². The Morgan fingerprint density at radius 2 is 1.70 bits per heavy atom. The lowest BCUT2D eigenvalue weighted by molar-refractivity contribution is -0.149. The standard InChI is InChI=1S/C19H30O4/c1-6-14(2)8-7-9-15(3)10-11-16-17(12-13-18(20)21)23-19(4,5)22-16/h6-9,16-17H,10-13H2,1-5H3,(H,20,21)/b8-7+,14-6+,15-9+/t16-,17-/m0/s1. The first-order chi connectivity index (χ1) is 10.7. The highest BCUT2D eigenvalue weighted by Crippen LogP contribution is 2.33. The van der Waals surface area contributed by atoms with Gasteiger partial charge in [0.25, 0.3) is 0 Å². The second kappa shape index (κ2) is 9.04. The van der Waals surface area contributed by atoms with E-state index in [0.717, 1.165) is 12.8 Å². The lowest BCUT2D eigenvalue weighted by Crippen LogP contribution is -2.23. The third-order valence-electron chi connectivity index (χ3n) is 3.95. The van der Waals surface area contributed by atoms with Crippen molar-refractivity contribution in [2.45, 2.75) is 78.3 Å². The van der Waals surface area contributed by atoms with Crippen LogP contribution < -0.4 is 0 Å². The highest BCUT2D eigenvalue weighted by Gasteiger charge is 2.40. The van der Waals surface area contributed by atoms with E-state index in [1.165, 1.54) is 11.1 Å². The molecule has 0 radical (unpaired) electrons. The van der Waals surface area contributed by atoms with Crippen molar-refractivity contribution in [3.63, 3.8) is 0 Å². The molecule has 1 aliphatic rings. The van der Waals surface area contributed by atoms with Gasteiger partial charge >= 0.3 is 5.97 Å². The van der Waals surface area contributed by atoms with E-state index < -0.39 is 11.8 Å². The molecule has 4 nitrogen and oxygen atoms in total. The first-order valence-electron chi connectivity index (χ1n) is 8.27. The lowest BCUT2D eigenvalue weighted by Gasteiger charge is -2.16. The normalized spacial score (nSPS) is 25.3. The zero-order valence-electron chi connectivity index (χ0n) is 15.0. The first-order valence-corrected chi connectivity index (χ1v) is 8.27. The summed E-state index contributed by atoms with van der Waals surface area (Å²) in [5, 5.41) is 8.85. The summed E-state index contributed by atoms with van der Waals surface area (Å²) in [5.74, 6) is -1.42. The Morgan fingerprint density at radius 1 is 1.13 bits per heavy atom. The maximum absolute atomic E-state index is 10.8. The van der Waals surface area contributed by atoms with Crippen molar-refractivity contribution < 1.29 is 19.4 Å². The molecule has 0 spiro atoms. The molecule has 130 valence electrons. The van der Waals surface area contributed by atoms with Crippen LogP contribution in [0.15, 0.2) is 35.5 Å². The number of rotatable bonds is 8. The van der Waals surface area contributed by atoms with E-state index in [2.05, 4.69) is 38.2 Å². The Hall–Kier alpha value is -1.39. The number of allylic oxidation sites excluding steroid dienone is 6. The third-order valence-corrected chi connectivity index (χ3v) is 3.95. The Bertz CT molecular complexity index is 486. The Kier molecular flexibility index (Phi) is 7.73. The average molecular weight is 322 g/mol. The Labute approximate surface area is 139 Å². The average Bonchev–Trinajstić information content (AvgIpc) is 2.77. The summed E-state index contributed by atoms with van der Waals surface area (Å²) in [6, 6.07) is 0. The van der Waals surface area contributed by atoms with Gasteiger partial charge in [-0.05, 0) is 53.9 Å². The van der Waals surface area contributed by atoms with Gasteiger partial charge in [-0.1, -0.05) is 35.5 Å². The minimum absolute atomic E-state index is 0.0473. The molecule has 1 fully saturated rings. The van der Waals surface area contributed by atoms with Crippen molar-refractivity contribution in [3.05, 3.63) is 35.5 Å². The van der Waals surface area contributed by atoms with E-state index in [1.54, 1.807) is 0 Å². The quantitative estimate of drug-likeness (QED) is 0.662. The number of ether oxygens (including phenoxy) is 2. The summed E-state index contributed by atoms with van der Waals surface area (Å²) in [5.41, 5.74) is 2.51. The van der Waals surface area contributed by atoms with Crippen LogP contribution >= 0.6 is 0 Å². The van der Waals surface area contributed by atoms with Crippen molar-refractivity contribution in [2.24, 2.45) is 0 Å². The first kappa shape index (κ1) is 19.7. The second-order valence-electron chi connectivity index (χ2n) is 6.59. The maximum atomic E-state index is 10.8. The number of carbonyl (C=O) groups is 1. The van der Waals surface area contributed by atoms with Gasteiger partial charge in [0.05, 0.1) is 12.2 Å². The predicted octanol–water partition coefficient (Wildman–Crippen LogP) is 4.62. The summed E-state index contributed by atoms with van der Waals surface area (Å²) in [6.45, 7) is 9.95. The van der Waals surface area contributed by atoms with Crippen molar-refractivity contribution in [3.8, 4) is 0 Å². The SMILES string of the molecule is C/C=C(C)/C=C/C=C(\C)CC[C@@H]1OC(C)(C)O[C@H]1CCC(=O)O. The molecule has 0 bridgehead atoms. The monoisotopic (exact) mass is 322 g/mol. The van der Waals surface area contributed by atoms with Crippen molar-refractivity contribution in [1.29, 1.82) is 0 Å². The molecule has 0 amide bonds. The number of carboxylic acids is 1. The van der Waals surface area contributed by atoms with Crippen LogP contribution in [0, 0.1) is 0 Å². The largest absolute Gasteiger partial charge is 0.481 e. The molecule has 0 aromatic rings. The number of aliphatic carboxylic acids is 1. The molecular formula is C19H30O4. The smallest absolute Gasteiger partial charge is 0.303 e. The molecule has 1 N–H and O–H groups in total. The minimum atomic E-state index is -0.794. The highest BCUT2D eigenvalue weighted by atomic mass is 16.7. The van der Waals surface area contributed by atoms with Crippen LogP contribution in [0.4, 0.5) is 0 Å². The van der Waals surface area contributed by atoms with Crippen LogP contribution in [-0.4, -0.2) is 29.1 Å². The fraction of sp³-hybridized carbons (Fsp3) is 0.632. The number of hydrogen-bond acceptors (Lipinski definition) is 3. The van der Waals surface area contributed by atoms with Crippen molar-refractivity contribution >= 4 is 5.97 Å². The van der Waals surface area contributed by atoms with Gasteiger partial charge in [0, 0.05) is 6.42 Å². The summed E-state index contributed by atoms with van der Waals surface area (Å²) < 4.78 is 11.8. The Balaban J connectivity index is 2.54. The van der Waals surface area contributed by atoms with E-state index in [4.69, 9.17) is 14.6 Å². The van der Waals surface area contributed by atoms with E-state index in [1.807, 2.05) is 20.8 Å². The fourth-order valence-electron chi connectivity index (χ4n) is 2.58. The molecule has 2 atom stereocenters. The molecule has 23 heavy (non-hydrogen) atoms. The molecule has 4 heteroatoms. The van der Waals surface area contributed by atoms with E-state index in [9.17, 15) is 4.79 Å². The zero-order chi connectivity index (χ0) is 17.5. The third kappa shape index (κ3) is 7.62. The van der Waals surface area contributed by atoms with Crippen LogP contribution in [0.5, 0.6) is 0 Å². The molecule has 0 aliphatic carbocycles. The number of hydrogen-bond donors (Lipinski definition) is 1. The van der Waals surface area contributed by atoms with Crippen LogP contribution in [0.2, 0.25) is 0 Å². The summed E-state index contributed by atoms with van der Waals surface area (Å²) in [4.78, 5) is 10.8. The molecule has 0 aromatic heterocycles. The van der Waals surface area contributed by atoms with Crippen molar-refractivity contribution in [2.75, 3.05) is 0 Å². The lowest BCUT2D eigenvalue weighted by atomic mass is 10.0. The Morgan fingerprint density at radius 3 is 2.22 bits per heavy atom. The summed E-state index contributed by atoms with van der Waals surface area (Å²) >= 11 is 0. The van der Waals surface area contributed by atoms with Gasteiger partial charge in [-0.3, -0.25) is 4.79 Å². The van der Waals surface area contributed by atoms with Gasteiger partial charge in [0.15, 0.2) is 5.79 Å². The predicted molar refractivity (Wildman–Crippen MR) is 92.3 cm³/mol. The van der Waals surface area contributed by atoms with Crippen LogP contribution in [-0.2, 0) is 14.3 Å². The molecule has 1 saturated heterocycles. The molecular weight excluding hydrogens is 292 g/mol. The maximum Gasteiger partial charge on any atom is 0.303 e. The van der Waals surface area contributed by atoms with Gasteiger partial charge in [0.2, 0.25) is 0 Å². The van der Waals surface area contributed by atoms with E-state index in [0.29, 0.717) is 6.42 Å². The van der Waals surface area contributed by atoms with Gasteiger partial charge in [-0.2, -0.15) is 0 Å². The van der Waals surface area contributed by atoms with E-state index in [-0.39, 0.29) is 18.6 Å². The van der Waals surface area contributed by atoms with Gasteiger partial charge in [-0.15, -0.1) is 0 Å². The fourth-order valence-corrected chi connectivity index (χ4v) is 2.58. The van der Waals surface area contributed by atoms with Crippen LogP contribution in [0.3, 0.4) is 0 Å². The second-order valence-corrected chi connectivity index (χ2v) is 6.59. The summed E-state index contributed by atoms with van der Waals surface area (Å²) in [6.07, 6.45) is 10.5. The highest BCUT2D eigenvalue weighted by molar-refractivity contribution is 5.66. The summed E-state index contributed by atoms with van der Waals surface area (Å²) in [7, 11) is 0. The molecule has 0 unspecified atom stereocenters. The topological polar surface area (TPSA) is 55.8 Å². The van der Waals surface area contributed by atoms with Crippen LogP contribution in [0.25, 0.3) is 0 Å².